The van der Waals surface area contributed by atoms with Crippen molar-refractivity contribution in [2.24, 2.45) is 16.7 Å². The van der Waals surface area contributed by atoms with Crippen molar-refractivity contribution in [2.45, 2.75) is 129 Å². The third-order valence-electron chi connectivity index (χ3n) is 17.0. The highest BCUT2D eigenvalue weighted by molar-refractivity contribution is 7.13. The van der Waals surface area contributed by atoms with Crippen LogP contribution in [0, 0.1) is 23.7 Å². The minimum absolute atomic E-state index is 0.0498. The summed E-state index contributed by atoms with van der Waals surface area (Å²) in [6.07, 6.45) is 9.71. The lowest BCUT2D eigenvalue weighted by molar-refractivity contribution is -0.145. The fourth-order valence-electron chi connectivity index (χ4n) is 12.5. The van der Waals surface area contributed by atoms with Crippen LogP contribution in [0.15, 0.2) is 78.4 Å². The molecule has 3 atom stereocenters. The number of para-hydroxylation sites is 1. The van der Waals surface area contributed by atoms with Crippen molar-refractivity contribution < 1.29 is 24.6 Å². The maximum atomic E-state index is 14.4. The molecule has 398 valence electrons. The minimum atomic E-state index is -0.836. The summed E-state index contributed by atoms with van der Waals surface area (Å²) in [6.45, 7) is 16.4. The summed E-state index contributed by atoms with van der Waals surface area (Å²) in [5, 5.41) is 39.7. The van der Waals surface area contributed by atoms with Gasteiger partial charge in [-0.2, -0.15) is 0 Å². The summed E-state index contributed by atoms with van der Waals surface area (Å²) in [6, 6.07) is 20.7. The van der Waals surface area contributed by atoms with E-state index >= 15 is 0 Å². The highest BCUT2D eigenvalue weighted by Crippen LogP contribution is 2.55. The number of hydrogen-bond donors (Lipinski definition) is 5. The monoisotopic (exact) mass is 1040 g/mol. The number of aliphatic hydroxyl groups is 1. The van der Waals surface area contributed by atoms with E-state index in [-0.39, 0.29) is 47.8 Å². The van der Waals surface area contributed by atoms with E-state index in [1.807, 2.05) is 81.7 Å². The van der Waals surface area contributed by atoms with Gasteiger partial charge in [-0.25, -0.2) is 9.97 Å². The van der Waals surface area contributed by atoms with Crippen LogP contribution in [0.1, 0.15) is 108 Å². The third-order valence-corrected chi connectivity index (χ3v) is 18.0. The molecule has 3 aromatic heterocycles. The van der Waals surface area contributed by atoms with Crippen molar-refractivity contribution >= 4 is 46.4 Å². The molecule has 1 spiro atoms. The van der Waals surface area contributed by atoms with Crippen LogP contribution in [0.5, 0.6) is 5.75 Å². The van der Waals surface area contributed by atoms with Crippen LogP contribution in [0.3, 0.4) is 0 Å². The Kier molecular flexibility index (Phi) is 15.5. The van der Waals surface area contributed by atoms with Gasteiger partial charge in [-0.1, -0.05) is 63.2 Å². The first kappa shape index (κ1) is 52.3. The fraction of sp³-hybridized carbons (Fsp3) is 0.534. The molecule has 5 aromatic rings. The molecule has 10 rings (SSSR count). The maximum absolute atomic E-state index is 14.4. The van der Waals surface area contributed by atoms with Gasteiger partial charge < -0.3 is 45.8 Å². The molecule has 0 unspecified atom stereocenters. The number of aromatic nitrogens is 4. The lowest BCUT2D eigenvalue weighted by atomic mass is 9.56. The number of benzene rings is 2. The molecule has 5 aliphatic rings. The molecule has 75 heavy (non-hydrogen) atoms. The molecule has 2 saturated carbocycles. The molecule has 3 saturated heterocycles. The maximum Gasteiger partial charge on any atom is 0.246 e. The number of phenolic OH excluding ortho intramolecular Hbond substituents is 1. The van der Waals surface area contributed by atoms with Gasteiger partial charge in [0, 0.05) is 76.0 Å². The number of pyridine rings is 1. The molecule has 2 aliphatic carbocycles. The lowest BCUT2D eigenvalue weighted by Crippen LogP contribution is -2.59. The Morgan fingerprint density at radius 1 is 0.867 bits per heavy atom. The van der Waals surface area contributed by atoms with Gasteiger partial charge in [0.25, 0.3) is 0 Å². The number of carbonyl (C=O) groups is 3. The van der Waals surface area contributed by atoms with Crippen molar-refractivity contribution in [3.05, 3.63) is 95.3 Å². The van der Waals surface area contributed by atoms with Gasteiger partial charge in [-0.05, 0) is 136 Å². The number of piperidine rings is 1. The number of hydrogen-bond acceptors (Lipinski definition) is 14. The summed E-state index contributed by atoms with van der Waals surface area (Å²) < 4.78 is 0. The van der Waals surface area contributed by atoms with E-state index in [9.17, 15) is 24.6 Å². The van der Waals surface area contributed by atoms with Crippen LogP contribution in [-0.2, 0) is 20.9 Å². The first-order chi connectivity index (χ1) is 36.1. The van der Waals surface area contributed by atoms with E-state index in [2.05, 4.69) is 71.1 Å². The van der Waals surface area contributed by atoms with Crippen LogP contribution in [-0.4, -0.2) is 134 Å². The Morgan fingerprint density at radius 2 is 1.59 bits per heavy atom. The zero-order valence-corrected chi connectivity index (χ0v) is 45.1. The molecule has 2 aromatic carbocycles. The lowest BCUT2D eigenvalue weighted by Gasteiger charge is -2.55. The average molecular weight is 1040 g/mol. The summed E-state index contributed by atoms with van der Waals surface area (Å²) in [5.41, 5.74) is 8.13. The standard InChI is InChI=1S/C58H75N11O5S/c1-6-59-53-47(30-46(64-65-53)45-9-7-8-10-49(45)71)67-25-27-68(28-26-67)50-16-15-42(34-60-50)39-19-23-66(24-20-39)43-31-58(32-43)21-17-41(18-22-58)54(72)63-52(57(3,4)5)56(74)69-35-44(70)29-48(69)55(73)61-33-38-11-13-40(14-12-38)51-37(2)62-36-75-51/h7-16,30,34,36,39,41,43-44,48,52,70-71H,6,17-29,31-33,35H2,1-5H3,(H,59,65)(H,61,73)(H,63,72)/t41-,43-,44-,48+,52-,58?/m1/s1. The van der Waals surface area contributed by atoms with E-state index in [4.69, 9.17) is 4.98 Å². The van der Waals surface area contributed by atoms with Gasteiger partial charge in [0.1, 0.15) is 23.7 Å². The third kappa shape index (κ3) is 11.5. The van der Waals surface area contributed by atoms with Crippen molar-refractivity contribution in [2.75, 3.05) is 67.5 Å². The number of amides is 3. The van der Waals surface area contributed by atoms with E-state index in [1.54, 1.807) is 17.4 Å². The number of aliphatic hydroxyl groups excluding tert-OH is 1. The number of nitrogens with one attached hydrogen (secondary N) is 3. The summed E-state index contributed by atoms with van der Waals surface area (Å²) in [5.74, 6) is 1.57. The Bertz CT molecular complexity index is 2790. The number of carbonyl (C=O) groups excluding carboxylic acids is 3. The molecule has 5 fully saturated rings. The number of piperazine rings is 1. The molecular weight excluding hydrogens is 963 g/mol. The number of aryl methyl sites for hydroxylation is 1. The predicted molar refractivity (Wildman–Crippen MR) is 295 cm³/mol. The van der Waals surface area contributed by atoms with E-state index in [1.165, 1.54) is 23.3 Å². The Balaban J connectivity index is 0.660. The second-order valence-corrected chi connectivity index (χ2v) is 23.8. The topological polar surface area (TPSA) is 192 Å². The number of thiazole rings is 1. The Morgan fingerprint density at radius 3 is 2.24 bits per heavy atom. The van der Waals surface area contributed by atoms with Crippen molar-refractivity contribution in [3.63, 3.8) is 0 Å². The van der Waals surface area contributed by atoms with Crippen molar-refractivity contribution in [1.29, 1.82) is 0 Å². The summed E-state index contributed by atoms with van der Waals surface area (Å²) in [4.78, 5) is 61.3. The van der Waals surface area contributed by atoms with Crippen LogP contribution < -0.4 is 25.8 Å². The Hall–Kier alpha value is -6.17. The van der Waals surface area contributed by atoms with E-state index in [0.29, 0.717) is 29.8 Å². The number of phenols is 1. The summed E-state index contributed by atoms with van der Waals surface area (Å²) in [7, 11) is 0. The van der Waals surface area contributed by atoms with Crippen molar-refractivity contribution in [3.8, 4) is 27.4 Å². The molecule has 0 radical (unpaired) electrons. The normalized spacial score (nSPS) is 23.9. The van der Waals surface area contributed by atoms with Gasteiger partial charge in [-0.15, -0.1) is 21.5 Å². The van der Waals surface area contributed by atoms with Crippen LogP contribution in [0.4, 0.5) is 17.3 Å². The molecule has 0 bridgehead atoms. The molecule has 17 heteroatoms. The largest absolute Gasteiger partial charge is 0.507 e. The zero-order chi connectivity index (χ0) is 52.4. The van der Waals surface area contributed by atoms with Gasteiger partial charge >= 0.3 is 0 Å². The quantitative estimate of drug-likeness (QED) is 0.0726. The SMILES string of the molecule is CCNc1nnc(-c2ccccc2O)cc1N1CCN(c2ccc(C3CCN([C@H]4CC5(CC[C@H](C(=O)N[C@H](C(=O)N6C[C@H](O)C[C@H]6C(=O)NCc6ccc(-c7scnc7C)cc6)C(C)(C)C)CC5)C4)CC3)cn2)CC1. The molecule has 6 heterocycles. The van der Waals surface area contributed by atoms with Crippen LogP contribution >= 0.6 is 11.3 Å². The number of nitrogens with zero attached hydrogens (tertiary/aromatic N) is 8. The van der Waals surface area contributed by atoms with Gasteiger partial charge in [0.05, 0.1) is 33.6 Å². The van der Waals surface area contributed by atoms with E-state index in [0.717, 1.165) is 123 Å². The highest BCUT2D eigenvalue weighted by Gasteiger charge is 2.50. The van der Waals surface area contributed by atoms with Gasteiger partial charge in [-0.3, -0.25) is 14.4 Å². The molecule has 3 amide bonds. The van der Waals surface area contributed by atoms with Crippen molar-refractivity contribution in [1.82, 2.24) is 40.6 Å². The number of rotatable bonds is 14. The average Bonchev–Trinajstić information content (AvgIpc) is 4.04. The highest BCUT2D eigenvalue weighted by atomic mass is 32.1. The van der Waals surface area contributed by atoms with Gasteiger partial charge in [0.15, 0.2) is 5.82 Å². The predicted octanol–water partition coefficient (Wildman–Crippen LogP) is 7.76. The van der Waals surface area contributed by atoms with E-state index < -0.39 is 23.6 Å². The zero-order valence-electron chi connectivity index (χ0n) is 44.3. The van der Waals surface area contributed by atoms with Gasteiger partial charge in [0.2, 0.25) is 17.7 Å². The number of likely N-dealkylation sites (tertiary alicyclic amines) is 2. The second kappa shape index (κ2) is 22.2. The minimum Gasteiger partial charge on any atom is -0.507 e. The van der Waals surface area contributed by atoms with Crippen LogP contribution in [0.25, 0.3) is 21.7 Å². The summed E-state index contributed by atoms with van der Waals surface area (Å²) >= 11 is 1.59. The molecule has 3 aliphatic heterocycles. The first-order valence-corrected chi connectivity index (χ1v) is 28.2. The number of anilines is 3. The smallest absolute Gasteiger partial charge is 0.246 e. The number of aromatic hydroxyl groups is 1. The molecular formula is C58H75N11O5S. The molecule has 5 N–H and O–H groups in total. The second-order valence-electron chi connectivity index (χ2n) is 23.0. The fourth-order valence-corrected chi connectivity index (χ4v) is 13.3. The van der Waals surface area contributed by atoms with Crippen LogP contribution in [0.2, 0.25) is 0 Å². The number of β-amino-alcohol motifs (C(OH)–C–C–N with tert-alkyl or cyclic N) is 1. The first-order valence-electron chi connectivity index (χ1n) is 27.3. The Labute approximate surface area is 445 Å². The molecule has 16 nitrogen and oxygen atoms in total.